The van der Waals surface area contributed by atoms with Crippen molar-refractivity contribution in [3.8, 4) is 0 Å². The summed E-state index contributed by atoms with van der Waals surface area (Å²) in [6, 6.07) is 0.473. The van der Waals surface area contributed by atoms with E-state index in [2.05, 4.69) is 11.8 Å². The van der Waals surface area contributed by atoms with Gasteiger partial charge in [0.05, 0.1) is 0 Å². The Kier molecular flexibility index (Phi) is 2.89. The van der Waals surface area contributed by atoms with E-state index in [0.29, 0.717) is 6.04 Å². The molecular weight excluding hydrogens is 160 g/mol. The summed E-state index contributed by atoms with van der Waals surface area (Å²) in [6.45, 7) is 6.12. The molecule has 2 N–H and O–H groups in total. The molecule has 2 atom stereocenters. The van der Waals surface area contributed by atoms with Gasteiger partial charge in [0.15, 0.2) is 0 Å². The summed E-state index contributed by atoms with van der Waals surface area (Å²) in [5.41, 5.74) is 6.07. The predicted octanol–water partition coefficient (Wildman–Crippen LogP) is 1.46. The highest BCUT2D eigenvalue weighted by Gasteiger charge is 2.29. The molecule has 0 radical (unpaired) electrons. The van der Waals surface area contributed by atoms with E-state index in [-0.39, 0.29) is 0 Å². The van der Waals surface area contributed by atoms with Crippen LogP contribution < -0.4 is 5.73 Å². The molecule has 0 spiro atoms. The standard InChI is InChI=1S/C11H22N2/c1-2-10-8-13(6-5-11(10)12)7-9-3-4-9/h9-11H,2-8,12H2,1H3. The number of likely N-dealkylation sites (tertiary alicyclic amines) is 1. The van der Waals surface area contributed by atoms with Gasteiger partial charge in [-0.1, -0.05) is 13.3 Å². The van der Waals surface area contributed by atoms with Crippen LogP contribution >= 0.6 is 0 Å². The second-order valence-corrected chi connectivity index (χ2v) is 4.82. The largest absolute Gasteiger partial charge is 0.327 e. The molecule has 2 fully saturated rings. The molecule has 0 aromatic rings. The van der Waals surface area contributed by atoms with Crippen LogP contribution in [0.3, 0.4) is 0 Å². The van der Waals surface area contributed by atoms with Crippen LogP contribution in [-0.4, -0.2) is 30.6 Å². The zero-order chi connectivity index (χ0) is 9.26. The molecule has 2 aliphatic rings. The van der Waals surface area contributed by atoms with Gasteiger partial charge in [-0.2, -0.15) is 0 Å². The topological polar surface area (TPSA) is 29.3 Å². The third-order valence-corrected chi connectivity index (χ3v) is 3.61. The Bertz CT molecular complexity index is 165. The summed E-state index contributed by atoms with van der Waals surface area (Å²) < 4.78 is 0. The third kappa shape index (κ3) is 2.44. The Hall–Kier alpha value is -0.0800. The normalized spacial score (nSPS) is 36.5. The van der Waals surface area contributed by atoms with Gasteiger partial charge in [-0.3, -0.25) is 0 Å². The first-order chi connectivity index (χ1) is 6.29. The van der Waals surface area contributed by atoms with Crippen molar-refractivity contribution in [1.82, 2.24) is 4.90 Å². The van der Waals surface area contributed by atoms with Crippen LogP contribution in [0.15, 0.2) is 0 Å². The highest BCUT2D eigenvalue weighted by atomic mass is 15.1. The first-order valence-electron chi connectivity index (χ1n) is 5.77. The van der Waals surface area contributed by atoms with E-state index in [9.17, 15) is 0 Å². The SMILES string of the molecule is CCC1CN(CC2CC2)CCC1N. The molecule has 1 heterocycles. The fourth-order valence-corrected chi connectivity index (χ4v) is 2.39. The van der Waals surface area contributed by atoms with Crippen LogP contribution in [0.5, 0.6) is 0 Å². The van der Waals surface area contributed by atoms with E-state index < -0.39 is 0 Å². The van der Waals surface area contributed by atoms with Gasteiger partial charge in [-0.25, -0.2) is 0 Å². The molecule has 2 rings (SSSR count). The molecule has 1 aliphatic heterocycles. The number of hydrogen-bond donors (Lipinski definition) is 1. The second kappa shape index (κ2) is 3.97. The molecule has 1 saturated heterocycles. The molecular formula is C11H22N2. The summed E-state index contributed by atoms with van der Waals surface area (Å²) in [5, 5.41) is 0. The van der Waals surface area contributed by atoms with Gasteiger partial charge in [0.1, 0.15) is 0 Å². The predicted molar refractivity (Wildman–Crippen MR) is 55.5 cm³/mol. The third-order valence-electron chi connectivity index (χ3n) is 3.61. The van der Waals surface area contributed by atoms with Crippen LogP contribution in [-0.2, 0) is 0 Å². The summed E-state index contributed by atoms with van der Waals surface area (Å²) in [4.78, 5) is 2.63. The molecule has 1 saturated carbocycles. The van der Waals surface area contributed by atoms with Gasteiger partial charge in [-0.05, 0) is 37.6 Å². The van der Waals surface area contributed by atoms with Crippen molar-refractivity contribution < 1.29 is 0 Å². The minimum atomic E-state index is 0.473. The Morgan fingerprint density at radius 2 is 2.08 bits per heavy atom. The zero-order valence-corrected chi connectivity index (χ0v) is 8.71. The van der Waals surface area contributed by atoms with Crippen molar-refractivity contribution in [2.24, 2.45) is 17.6 Å². The lowest BCUT2D eigenvalue weighted by Gasteiger charge is -2.36. The van der Waals surface area contributed by atoms with Gasteiger partial charge in [-0.15, -0.1) is 0 Å². The van der Waals surface area contributed by atoms with Gasteiger partial charge in [0, 0.05) is 19.1 Å². The van der Waals surface area contributed by atoms with Gasteiger partial charge in [0.25, 0.3) is 0 Å². The number of rotatable bonds is 3. The van der Waals surface area contributed by atoms with Crippen molar-refractivity contribution in [2.75, 3.05) is 19.6 Å². The Labute approximate surface area is 81.5 Å². The maximum atomic E-state index is 6.07. The average Bonchev–Trinajstić information content (AvgIpc) is 2.92. The monoisotopic (exact) mass is 182 g/mol. The lowest BCUT2D eigenvalue weighted by molar-refractivity contribution is 0.147. The summed E-state index contributed by atoms with van der Waals surface area (Å²) >= 11 is 0. The minimum absolute atomic E-state index is 0.473. The van der Waals surface area contributed by atoms with Crippen LogP contribution in [0, 0.1) is 11.8 Å². The van der Waals surface area contributed by atoms with Crippen molar-refractivity contribution in [3.05, 3.63) is 0 Å². The fraction of sp³-hybridized carbons (Fsp3) is 1.00. The summed E-state index contributed by atoms with van der Waals surface area (Å²) in [7, 11) is 0. The first kappa shape index (κ1) is 9.47. The molecule has 1 aliphatic carbocycles. The summed E-state index contributed by atoms with van der Waals surface area (Å²) in [6.07, 6.45) is 5.41. The maximum absolute atomic E-state index is 6.07. The smallest absolute Gasteiger partial charge is 0.00914 e. The highest BCUT2D eigenvalue weighted by Crippen LogP contribution is 2.31. The number of nitrogens with zero attached hydrogens (tertiary/aromatic N) is 1. The first-order valence-corrected chi connectivity index (χ1v) is 5.77. The van der Waals surface area contributed by atoms with Gasteiger partial charge < -0.3 is 10.6 Å². The van der Waals surface area contributed by atoms with E-state index in [1.54, 1.807) is 0 Å². The maximum Gasteiger partial charge on any atom is 0.00914 e. The van der Waals surface area contributed by atoms with E-state index in [1.807, 2.05) is 0 Å². The number of piperidine rings is 1. The molecule has 2 nitrogen and oxygen atoms in total. The molecule has 0 amide bonds. The highest BCUT2D eigenvalue weighted by molar-refractivity contribution is 4.85. The molecule has 13 heavy (non-hydrogen) atoms. The fourth-order valence-electron chi connectivity index (χ4n) is 2.39. The quantitative estimate of drug-likeness (QED) is 0.716. The van der Waals surface area contributed by atoms with Crippen molar-refractivity contribution in [2.45, 2.75) is 38.6 Å². The van der Waals surface area contributed by atoms with Gasteiger partial charge >= 0.3 is 0 Å². The van der Waals surface area contributed by atoms with Crippen LogP contribution in [0.2, 0.25) is 0 Å². The van der Waals surface area contributed by atoms with E-state index >= 15 is 0 Å². The Morgan fingerprint density at radius 1 is 1.31 bits per heavy atom. The van der Waals surface area contributed by atoms with E-state index in [1.165, 1.54) is 45.3 Å². The minimum Gasteiger partial charge on any atom is -0.327 e. The zero-order valence-electron chi connectivity index (χ0n) is 8.71. The lowest BCUT2D eigenvalue weighted by atomic mass is 9.90. The van der Waals surface area contributed by atoms with E-state index in [0.717, 1.165) is 11.8 Å². The van der Waals surface area contributed by atoms with E-state index in [4.69, 9.17) is 5.73 Å². The molecule has 2 heteroatoms. The second-order valence-electron chi connectivity index (χ2n) is 4.82. The lowest BCUT2D eigenvalue weighted by Crippen LogP contribution is -2.47. The molecule has 0 aromatic carbocycles. The number of nitrogens with two attached hydrogens (primary N) is 1. The Balaban J connectivity index is 1.78. The van der Waals surface area contributed by atoms with Crippen LogP contribution in [0.25, 0.3) is 0 Å². The number of hydrogen-bond acceptors (Lipinski definition) is 2. The summed E-state index contributed by atoms with van der Waals surface area (Å²) in [5.74, 6) is 1.79. The molecule has 0 aromatic heterocycles. The van der Waals surface area contributed by atoms with Crippen LogP contribution in [0.4, 0.5) is 0 Å². The van der Waals surface area contributed by atoms with Crippen molar-refractivity contribution in [3.63, 3.8) is 0 Å². The molecule has 2 unspecified atom stereocenters. The Morgan fingerprint density at radius 3 is 2.69 bits per heavy atom. The van der Waals surface area contributed by atoms with Crippen molar-refractivity contribution >= 4 is 0 Å². The van der Waals surface area contributed by atoms with Gasteiger partial charge in [0.2, 0.25) is 0 Å². The molecule has 0 bridgehead atoms. The van der Waals surface area contributed by atoms with Crippen LogP contribution in [0.1, 0.15) is 32.6 Å². The molecule has 76 valence electrons. The average molecular weight is 182 g/mol. The van der Waals surface area contributed by atoms with Crippen molar-refractivity contribution in [1.29, 1.82) is 0 Å².